The van der Waals surface area contributed by atoms with Crippen molar-refractivity contribution in [1.29, 1.82) is 0 Å². The molecule has 5 rings (SSSR count). The molecule has 3 heterocycles. The number of likely N-dealkylation sites (N-methyl/N-ethyl adjacent to an activating group) is 1. The van der Waals surface area contributed by atoms with E-state index in [-0.39, 0.29) is 4.90 Å². The fraction of sp³-hybridized carbons (Fsp3) is 0.360. The predicted molar refractivity (Wildman–Crippen MR) is 136 cm³/mol. The highest BCUT2D eigenvalue weighted by molar-refractivity contribution is 7.89. The molecular weight excluding hydrogens is 464 g/mol. The van der Waals surface area contributed by atoms with Crippen LogP contribution in [-0.4, -0.2) is 87.2 Å². The van der Waals surface area contributed by atoms with E-state index in [1.165, 1.54) is 4.31 Å². The van der Waals surface area contributed by atoms with Gasteiger partial charge in [-0.1, -0.05) is 18.2 Å². The van der Waals surface area contributed by atoms with Crippen LogP contribution in [0.25, 0.3) is 0 Å². The summed E-state index contributed by atoms with van der Waals surface area (Å²) in [6.45, 7) is 5.85. The third-order valence-electron chi connectivity index (χ3n) is 6.47. The van der Waals surface area contributed by atoms with Gasteiger partial charge in [-0.15, -0.1) is 10.2 Å². The molecule has 0 bridgehead atoms. The highest BCUT2D eigenvalue weighted by atomic mass is 32.2. The number of nitrogens with zero attached hydrogens (tertiary/aromatic N) is 6. The lowest BCUT2D eigenvalue weighted by atomic mass is 10.3. The van der Waals surface area contributed by atoms with Gasteiger partial charge < -0.3 is 19.4 Å². The number of aromatic nitrogens is 2. The van der Waals surface area contributed by atoms with Gasteiger partial charge >= 0.3 is 0 Å². The minimum atomic E-state index is -3.58. The van der Waals surface area contributed by atoms with Crippen molar-refractivity contribution in [2.24, 2.45) is 0 Å². The molecule has 0 spiro atoms. The van der Waals surface area contributed by atoms with E-state index in [2.05, 4.69) is 31.9 Å². The maximum Gasteiger partial charge on any atom is 0.243 e. The van der Waals surface area contributed by atoms with Crippen LogP contribution < -0.4 is 14.5 Å². The van der Waals surface area contributed by atoms with Crippen LogP contribution in [0.5, 0.6) is 11.5 Å². The molecule has 3 aromatic rings. The van der Waals surface area contributed by atoms with Crippen molar-refractivity contribution in [3.63, 3.8) is 0 Å². The second-order valence-electron chi connectivity index (χ2n) is 8.82. The van der Waals surface area contributed by atoms with Crippen molar-refractivity contribution in [2.75, 3.05) is 69.2 Å². The van der Waals surface area contributed by atoms with Gasteiger partial charge in [-0.3, -0.25) is 0 Å². The minimum Gasteiger partial charge on any atom is -0.457 e. The molecule has 2 fully saturated rings. The summed E-state index contributed by atoms with van der Waals surface area (Å²) in [7, 11) is -1.45. The molecule has 0 aliphatic carbocycles. The number of hydrogen-bond donors (Lipinski definition) is 0. The Hall–Kier alpha value is -3.21. The number of benzene rings is 2. The Morgan fingerprint density at radius 3 is 1.71 bits per heavy atom. The van der Waals surface area contributed by atoms with Crippen LogP contribution in [0, 0.1) is 0 Å². The summed E-state index contributed by atoms with van der Waals surface area (Å²) >= 11 is 0. The molecule has 2 saturated heterocycles. The van der Waals surface area contributed by atoms with Crippen molar-refractivity contribution >= 4 is 21.7 Å². The van der Waals surface area contributed by atoms with Gasteiger partial charge in [0, 0.05) is 52.4 Å². The van der Waals surface area contributed by atoms with E-state index in [4.69, 9.17) is 4.74 Å². The molecule has 1 aromatic heterocycles. The topological polar surface area (TPSA) is 82.1 Å². The van der Waals surface area contributed by atoms with Gasteiger partial charge in [-0.05, 0) is 55.6 Å². The van der Waals surface area contributed by atoms with Crippen molar-refractivity contribution in [1.82, 2.24) is 19.4 Å². The number of piperazine rings is 2. The first-order valence-corrected chi connectivity index (χ1v) is 13.3. The lowest BCUT2D eigenvalue weighted by Gasteiger charge is -2.35. The van der Waals surface area contributed by atoms with Crippen molar-refractivity contribution in [2.45, 2.75) is 4.90 Å². The van der Waals surface area contributed by atoms with Gasteiger partial charge in [-0.25, -0.2) is 8.42 Å². The first kappa shape index (κ1) is 23.5. The Morgan fingerprint density at radius 1 is 0.657 bits per heavy atom. The molecule has 0 atom stereocenters. The number of para-hydroxylation sites is 1. The molecule has 2 aliphatic heterocycles. The zero-order valence-electron chi connectivity index (χ0n) is 19.8. The number of ether oxygens (including phenoxy) is 1. The van der Waals surface area contributed by atoms with Crippen molar-refractivity contribution < 1.29 is 13.2 Å². The summed E-state index contributed by atoms with van der Waals surface area (Å²) in [5.74, 6) is 2.97. The van der Waals surface area contributed by atoms with E-state index in [1.807, 2.05) is 42.5 Å². The van der Waals surface area contributed by atoms with Gasteiger partial charge in [-0.2, -0.15) is 4.31 Å². The number of rotatable bonds is 6. The molecule has 0 N–H and O–H groups in total. The molecule has 9 nitrogen and oxygen atoms in total. The lowest BCUT2D eigenvalue weighted by Crippen LogP contribution is -2.49. The Labute approximate surface area is 206 Å². The molecule has 2 aliphatic rings. The smallest absolute Gasteiger partial charge is 0.243 e. The third-order valence-corrected chi connectivity index (χ3v) is 8.38. The first-order valence-electron chi connectivity index (χ1n) is 11.8. The van der Waals surface area contributed by atoms with Crippen LogP contribution in [0.2, 0.25) is 0 Å². The van der Waals surface area contributed by atoms with Crippen molar-refractivity contribution in [3.8, 4) is 11.5 Å². The minimum absolute atomic E-state index is 0.266. The SMILES string of the molecule is CN1CCN(c2ccc(N3CCN(S(=O)(=O)c4ccc(Oc5ccccc5)cc4)CC3)nn2)CC1. The monoisotopic (exact) mass is 494 g/mol. The summed E-state index contributed by atoms with van der Waals surface area (Å²) < 4.78 is 33.6. The maximum absolute atomic E-state index is 13.2. The number of anilines is 2. The van der Waals surface area contributed by atoms with E-state index in [1.54, 1.807) is 24.3 Å². The summed E-state index contributed by atoms with van der Waals surface area (Å²) in [4.78, 5) is 6.91. The van der Waals surface area contributed by atoms with E-state index in [0.29, 0.717) is 37.7 Å². The molecule has 0 saturated carbocycles. The quantitative estimate of drug-likeness (QED) is 0.517. The molecule has 0 radical (unpaired) electrons. The van der Waals surface area contributed by atoms with Crippen molar-refractivity contribution in [3.05, 3.63) is 66.7 Å². The lowest BCUT2D eigenvalue weighted by molar-refractivity contribution is 0.312. The molecular formula is C25H30N6O3S. The zero-order valence-corrected chi connectivity index (χ0v) is 20.6. The van der Waals surface area contributed by atoms with Crippen LogP contribution in [0.15, 0.2) is 71.6 Å². The summed E-state index contributed by atoms with van der Waals surface area (Å²) in [6.07, 6.45) is 0. The van der Waals surface area contributed by atoms with Crippen LogP contribution in [-0.2, 0) is 10.0 Å². The second kappa shape index (κ2) is 10.2. The predicted octanol–water partition coefficient (Wildman–Crippen LogP) is 2.53. The van der Waals surface area contributed by atoms with Gasteiger partial charge in [0.25, 0.3) is 0 Å². The van der Waals surface area contributed by atoms with Gasteiger partial charge in [0.15, 0.2) is 11.6 Å². The average molecular weight is 495 g/mol. The molecule has 0 amide bonds. The number of hydrogen-bond acceptors (Lipinski definition) is 8. The van der Waals surface area contributed by atoms with Gasteiger partial charge in [0.05, 0.1) is 4.90 Å². The maximum atomic E-state index is 13.2. The summed E-state index contributed by atoms with van der Waals surface area (Å²) in [5, 5.41) is 8.85. The van der Waals surface area contributed by atoms with Crippen LogP contribution in [0.1, 0.15) is 0 Å². The Balaban J connectivity index is 1.18. The molecule has 35 heavy (non-hydrogen) atoms. The highest BCUT2D eigenvalue weighted by Crippen LogP contribution is 2.25. The Bertz CT molecular complexity index is 1210. The average Bonchev–Trinajstić information content (AvgIpc) is 2.90. The Morgan fingerprint density at radius 2 is 1.17 bits per heavy atom. The van der Waals surface area contributed by atoms with E-state index in [0.717, 1.165) is 37.8 Å². The summed E-state index contributed by atoms with van der Waals surface area (Å²) in [5.41, 5.74) is 0. The normalized spacial score (nSPS) is 18.0. The van der Waals surface area contributed by atoms with E-state index < -0.39 is 10.0 Å². The second-order valence-corrected chi connectivity index (χ2v) is 10.8. The third kappa shape index (κ3) is 5.39. The van der Waals surface area contributed by atoms with Crippen LogP contribution in [0.4, 0.5) is 11.6 Å². The molecule has 184 valence electrons. The van der Waals surface area contributed by atoms with Crippen LogP contribution in [0.3, 0.4) is 0 Å². The molecule has 10 heteroatoms. The van der Waals surface area contributed by atoms with E-state index >= 15 is 0 Å². The fourth-order valence-corrected chi connectivity index (χ4v) is 5.72. The zero-order chi connectivity index (χ0) is 24.3. The van der Waals surface area contributed by atoms with Crippen LogP contribution >= 0.6 is 0 Å². The molecule has 2 aromatic carbocycles. The first-order chi connectivity index (χ1) is 17.0. The van der Waals surface area contributed by atoms with Gasteiger partial charge in [0.2, 0.25) is 10.0 Å². The highest BCUT2D eigenvalue weighted by Gasteiger charge is 2.29. The largest absolute Gasteiger partial charge is 0.457 e. The number of sulfonamides is 1. The molecule has 0 unspecified atom stereocenters. The van der Waals surface area contributed by atoms with Gasteiger partial charge in [0.1, 0.15) is 11.5 Å². The fourth-order valence-electron chi connectivity index (χ4n) is 4.30. The summed E-state index contributed by atoms with van der Waals surface area (Å²) in [6, 6.07) is 20.0. The standard InChI is InChI=1S/C25H30N6O3S/c1-28-13-15-29(16-14-28)24-11-12-25(27-26-24)30-17-19-31(20-18-30)35(32,33)23-9-7-22(8-10-23)34-21-5-3-2-4-6-21/h2-12H,13-20H2,1H3. The van der Waals surface area contributed by atoms with E-state index in [9.17, 15) is 8.42 Å². The Kier molecular flexibility index (Phi) is 6.85.